The highest BCUT2D eigenvalue weighted by molar-refractivity contribution is 5.82. The van der Waals surface area contributed by atoms with Crippen LogP contribution in [0.2, 0.25) is 0 Å². The molecule has 0 heterocycles. The molecule has 0 saturated heterocycles. The first kappa shape index (κ1) is 16.1. The van der Waals surface area contributed by atoms with Crippen LogP contribution in [0.4, 0.5) is 5.69 Å². The molecule has 22 heavy (non-hydrogen) atoms. The molecule has 0 unspecified atom stereocenters. The maximum Gasteiger partial charge on any atom is 0.226 e. The van der Waals surface area contributed by atoms with Crippen molar-refractivity contribution in [3.63, 3.8) is 0 Å². The summed E-state index contributed by atoms with van der Waals surface area (Å²) in [5.74, 6) is 0.0896. The van der Waals surface area contributed by atoms with Crippen LogP contribution < -0.4 is 11.1 Å². The molecule has 2 aromatic rings. The summed E-state index contributed by atoms with van der Waals surface area (Å²) in [4.78, 5) is 12.4. The molecule has 0 atom stereocenters. The molecule has 0 aromatic heterocycles. The molecule has 1 amide bonds. The maximum atomic E-state index is 12.4. The van der Waals surface area contributed by atoms with Crippen molar-refractivity contribution in [2.24, 2.45) is 5.41 Å². The monoisotopic (exact) mass is 296 g/mol. The Balaban J connectivity index is 1.84. The predicted octanol–water partition coefficient (Wildman–Crippen LogP) is 3.20. The molecule has 0 bridgehead atoms. The smallest absolute Gasteiger partial charge is 0.226 e. The van der Waals surface area contributed by atoms with Gasteiger partial charge >= 0.3 is 0 Å². The first-order valence-corrected chi connectivity index (χ1v) is 7.64. The minimum atomic E-state index is -0.414. The number of nitrogens with one attached hydrogen (secondary N) is 1. The van der Waals surface area contributed by atoms with Crippen molar-refractivity contribution in [1.29, 1.82) is 0 Å². The van der Waals surface area contributed by atoms with Crippen LogP contribution in [0.1, 0.15) is 25.0 Å². The summed E-state index contributed by atoms with van der Waals surface area (Å²) in [5.41, 5.74) is 8.37. The molecule has 0 radical (unpaired) electrons. The van der Waals surface area contributed by atoms with Gasteiger partial charge < -0.3 is 11.1 Å². The summed E-state index contributed by atoms with van der Waals surface area (Å²) in [6.07, 6.45) is 1.55. The Kier molecular flexibility index (Phi) is 5.21. The van der Waals surface area contributed by atoms with E-state index in [-0.39, 0.29) is 5.91 Å². The topological polar surface area (TPSA) is 55.1 Å². The van der Waals surface area contributed by atoms with E-state index in [1.54, 1.807) is 0 Å². The standard InChI is InChI=1S/C19H24N2O/c1-19(2,14-16-6-4-3-5-7-16)18(22)21-13-12-15-8-10-17(20)11-9-15/h3-11H,12-14,20H2,1-2H3,(H,21,22). The van der Waals surface area contributed by atoms with Crippen LogP contribution in [0, 0.1) is 5.41 Å². The molecule has 3 N–H and O–H groups in total. The minimum absolute atomic E-state index is 0.0896. The largest absolute Gasteiger partial charge is 0.399 e. The number of rotatable bonds is 6. The van der Waals surface area contributed by atoms with Gasteiger partial charge in [-0.1, -0.05) is 56.3 Å². The van der Waals surface area contributed by atoms with Crippen molar-refractivity contribution in [2.75, 3.05) is 12.3 Å². The second-order valence-corrected chi connectivity index (χ2v) is 6.29. The zero-order valence-corrected chi connectivity index (χ0v) is 13.3. The third-order valence-electron chi connectivity index (χ3n) is 3.78. The molecular weight excluding hydrogens is 272 g/mol. The van der Waals surface area contributed by atoms with Crippen LogP contribution in [0.5, 0.6) is 0 Å². The van der Waals surface area contributed by atoms with Crippen molar-refractivity contribution >= 4 is 11.6 Å². The second-order valence-electron chi connectivity index (χ2n) is 6.29. The van der Waals surface area contributed by atoms with Crippen molar-refractivity contribution < 1.29 is 4.79 Å². The molecule has 0 aliphatic heterocycles. The van der Waals surface area contributed by atoms with E-state index in [0.717, 1.165) is 18.5 Å². The average Bonchev–Trinajstić information content (AvgIpc) is 2.49. The highest BCUT2D eigenvalue weighted by Crippen LogP contribution is 2.22. The van der Waals surface area contributed by atoms with Gasteiger partial charge in [-0.2, -0.15) is 0 Å². The van der Waals surface area contributed by atoms with E-state index < -0.39 is 5.41 Å². The Labute approximate surface area is 132 Å². The lowest BCUT2D eigenvalue weighted by molar-refractivity contribution is -0.129. The number of nitrogens with two attached hydrogens (primary N) is 1. The van der Waals surface area contributed by atoms with Crippen LogP contribution in [0.3, 0.4) is 0 Å². The molecule has 0 aliphatic carbocycles. The molecule has 0 saturated carbocycles. The summed E-state index contributed by atoms with van der Waals surface area (Å²) in [6.45, 7) is 4.61. The highest BCUT2D eigenvalue weighted by atomic mass is 16.2. The lowest BCUT2D eigenvalue weighted by Crippen LogP contribution is -2.39. The van der Waals surface area contributed by atoms with Crippen molar-refractivity contribution in [2.45, 2.75) is 26.7 Å². The number of carbonyl (C=O) groups is 1. The van der Waals surface area contributed by atoms with Crippen LogP contribution >= 0.6 is 0 Å². The normalized spacial score (nSPS) is 11.2. The van der Waals surface area contributed by atoms with Crippen molar-refractivity contribution in [3.8, 4) is 0 Å². The van der Waals surface area contributed by atoms with Crippen LogP contribution in [0.15, 0.2) is 54.6 Å². The molecule has 3 heteroatoms. The fraction of sp³-hybridized carbons (Fsp3) is 0.316. The zero-order valence-electron chi connectivity index (χ0n) is 13.3. The van der Waals surface area contributed by atoms with E-state index in [2.05, 4.69) is 17.4 Å². The molecule has 0 fully saturated rings. The van der Waals surface area contributed by atoms with Gasteiger partial charge in [-0.3, -0.25) is 4.79 Å². The molecule has 2 aromatic carbocycles. The van der Waals surface area contributed by atoms with E-state index in [1.807, 2.05) is 56.3 Å². The molecular formula is C19H24N2O. The van der Waals surface area contributed by atoms with Crippen molar-refractivity contribution in [1.82, 2.24) is 5.32 Å². The Bertz CT molecular complexity index is 603. The second kappa shape index (κ2) is 7.12. The van der Waals surface area contributed by atoms with Crippen LogP contribution in [-0.2, 0) is 17.6 Å². The number of hydrogen-bond acceptors (Lipinski definition) is 2. The average molecular weight is 296 g/mol. The van der Waals surface area contributed by atoms with Crippen LogP contribution in [-0.4, -0.2) is 12.5 Å². The number of carbonyl (C=O) groups excluding carboxylic acids is 1. The van der Waals surface area contributed by atoms with E-state index in [0.29, 0.717) is 6.54 Å². The molecule has 116 valence electrons. The molecule has 0 aliphatic rings. The fourth-order valence-electron chi connectivity index (χ4n) is 2.43. The minimum Gasteiger partial charge on any atom is -0.399 e. The molecule has 3 nitrogen and oxygen atoms in total. The lowest BCUT2D eigenvalue weighted by atomic mass is 9.85. The van der Waals surface area contributed by atoms with Gasteiger partial charge in [0.05, 0.1) is 0 Å². The fourth-order valence-corrected chi connectivity index (χ4v) is 2.43. The Hall–Kier alpha value is -2.29. The summed E-state index contributed by atoms with van der Waals surface area (Å²) in [5, 5.41) is 3.04. The van der Waals surface area contributed by atoms with Gasteiger partial charge in [0.15, 0.2) is 0 Å². The number of nitrogen functional groups attached to an aromatic ring is 1. The van der Waals surface area contributed by atoms with E-state index in [4.69, 9.17) is 5.73 Å². The van der Waals surface area contributed by atoms with Gasteiger partial charge in [-0.25, -0.2) is 0 Å². The van der Waals surface area contributed by atoms with Gasteiger partial charge in [-0.05, 0) is 36.1 Å². The number of anilines is 1. The predicted molar refractivity (Wildman–Crippen MR) is 91.5 cm³/mol. The van der Waals surface area contributed by atoms with Gasteiger partial charge in [0, 0.05) is 17.6 Å². The van der Waals surface area contributed by atoms with Gasteiger partial charge in [0.25, 0.3) is 0 Å². The van der Waals surface area contributed by atoms with Gasteiger partial charge in [0.1, 0.15) is 0 Å². The highest BCUT2D eigenvalue weighted by Gasteiger charge is 2.27. The quantitative estimate of drug-likeness (QED) is 0.804. The number of benzene rings is 2. The summed E-state index contributed by atoms with van der Waals surface area (Å²) < 4.78 is 0. The number of hydrogen-bond donors (Lipinski definition) is 2. The summed E-state index contributed by atoms with van der Waals surface area (Å²) >= 11 is 0. The Morgan fingerprint density at radius 2 is 1.64 bits per heavy atom. The SMILES string of the molecule is CC(C)(Cc1ccccc1)C(=O)NCCc1ccc(N)cc1. The number of amides is 1. The van der Waals surface area contributed by atoms with Gasteiger partial charge in [-0.15, -0.1) is 0 Å². The molecule has 0 spiro atoms. The van der Waals surface area contributed by atoms with E-state index in [9.17, 15) is 4.79 Å². The third-order valence-corrected chi connectivity index (χ3v) is 3.78. The summed E-state index contributed by atoms with van der Waals surface area (Å²) in [6, 6.07) is 17.9. The Morgan fingerprint density at radius 3 is 2.27 bits per heavy atom. The first-order valence-electron chi connectivity index (χ1n) is 7.64. The molecule has 2 rings (SSSR count). The first-order chi connectivity index (χ1) is 10.5. The third kappa shape index (κ3) is 4.62. The zero-order chi connectivity index (χ0) is 16.0. The maximum absolute atomic E-state index is 12.4. The van der Waals surface area contributed by atoms with Gasteiger partial charge in [0.2, 0.25) is 5.91 Å². The lowest BCUT2D eigenvalue weighted by Gasteiger charge is -2.23. The summed E-state index contributed by atoms with van der Waals surface area (Å²) in [7, 11) is 0. The van der Waals surface area contributed by atoms with E-state index in [1.165, 1.54) is 11.1 Å². The van der Waals surface area contributed by atoms with E-state index >= 15 is 0 Å². The van der Waals surface area contributed by atoms with Crippen molar-refractivity contribution in [3.05, 3.63) is 65.7 Å². The Morgan fingerprint density at radius 1 is 1.00 bits per heavy atom. The van der Waals surface area contributed by atoms with Crippen LogP contribution in [0.25, 0.3) is 0 Å².